The molecule has 0 spiro atoms. The van der Waals surface area contributed by atoms with Gasteiger partial charge in [-0.1, -0.05) is 67.9 Å². The molecule has 1 nitrogen and oxygen atoms in total. The van der Waals surface area contributed by atoms with Gasteiger partial charge in [0.1, 0.15) is 5.82 Å². The van der Waals surface area contributed by atoms with Crippen LogP contribution in [0.2, 0.25) is 0 Å². The summed E-state index contributed by atoms with van der Waals surface area (Å²) in [5.41, 5.74) is 3.44. The van der Waals surface area contributed by atoms with Crippen LogP contribution in [0.5, 0.6) is 5.75 Å². The first kappa shape index (κ1) is 22.8. The molecule has 0 radical (unpaired) electrons. The summed E-state index contributed by atoms with van der Waals surface area (Å²) in [6, 6.07) is 19.7. The number of aryl methyl sites for hydroxylation is 1. The van der Waals surface area contributed by atoms with E-state index in [0.717, 1.165) is 42.5 Å². The highest BCUT2D eigenvalue weighted by Crippen LogP contribution is 2.34. The van der Waals surface area contributed by atoms with Crippen LogP contribution in [-0.2, 0) is 6.42 Å². The summed E-state index contributed by atoms with van der Waals surface area (Å²) in [6.07, 6.45) is -1.70. The molecule has 0 N–H and O–H groups in total. The molecule has 170 valence electrons. The van der Waals surface area contributed by atoms with Gasteiger partial charge >= 0.3 is 6.36 Å². The second kappa shape index (κ2) is 9.22. The zero-order chi connectivity index (χ0) is 23.6. The van der Waals surface area contributed by atoms with Crippen molar-refractivity contribution in [3.05, 3.63) is 90.0 Å². The highest BCUT2D eigenvalue weighted by atomic mass is 19.4. The van der Waals surface area contributed by atoms with Crippen LogP contribution in [0.25, 0.3) is 33.0 Å². The van der Waals surface area contributed by atoms with E-state index >= 15 is 4.39 Å². The summed E-state index contributed by atoms with van der Waals surface area (Å²) in [5, 5.41) is 1.01. The summed E-state index contributed by atoms with van der Waals surface area (Å²) >= 11 is 0. The van der Waals surface area contributed by atoms with Crippen molar-refractivity contribution < 1.29 is 26.7 Å². The molecule has 0 aliphatic carbocycles. The Bertz CT molecular complexity index is 1280. The van der Waals surface area contributed by atoms with Crippen molar-refractivity contribution in [3.8, 4) is 28.0 Å². The smallest absolute Gasteiger partial charge is 0.403 e. The van der Waals surface area contributed by atoms with Gasteiger partial charge in [0.05, 0.1) is 0 Å². The molecule has 33 heavy (non-hydrogen) atoms. The van der Waals surface area contributed by atoms with E-state index in [2.05, 4.69) is 23.8 Å². The van der Waals surface area contributed by atoms with Gasteiger partial charge in [0.25, 0.3) is 0 Å². The molecule has 0 atom stereocenters. The molecule has 0 saturated carbocycles. The van der Waals surface area contributed by atoms with E-state index in [-0.39, 0.29) is 11.1 Å². The van der Waals surface area contributed by atoms with Gasteiger partial charge in [-0.2, -0.15) is 0 Å². The Balaban J connectivity index is 1.64. The highest BCUT2D eigenvalue weighted by molar-refractivity contribution is 5.91. The van der Waals surface area contributed by atoms with Gasteiger partial charge in [-0.15, -0.1) is 13.2 Å². The quantitative estimate of drug-likeness (QED) is 0.264. The minimum absolute atomic E-state index is 0.0907. The summed E-state index contributed by atoms with van der Waals surface area (Å²) in [4.78, 5) is 0. The maximum absolute atomic E-state index is 15.2. The average molecular weight is 456 g/mol. The maximum Gasteiger partial charge on any atom is 0.573 e. The lowest BCUT2D eigenvalue weighted by Gasteiger charge is -2.12. The average Bonchev–Trinajstić information content (AvgIpc) is 2.79. The standard InChI is InChI=1S/C27H21F5O/c1-2-3-4-17-5-7-18(8-6-17)19-9-12-22-20(15-19)10-13-23(26(22)29)21-11-14-25(24(28)16-21)33-27(30,31)32/h5-16H,2-4H2,1H3. The van der Waals surface area contributed by atoms with Gasteiger partial charge < -0.3 is 4.74 Å². The van der Waals surface area contributed by atoms with E-state index in [1.165, 1.54) is 17.7 Å². The lowest BCUT2D eigenvalue weighted by atomic mass is 9.96. The maximum atomic E-state index is 15.2. The third-order valence-corrected chi connectivity index (χ3v) is 5.53. The second-order valence-corrected chi connectivity index (χ2v) is 7.86. The first-order valence-electron chi connectivity index (χ1n) is 10.6. The van der Waals surface area contributed by atoms with E-state index in [1.807, 2.05) is 24.3 Å². The molecule has 4 aromatic rings. The molecular weight excluding hydrogens is 435 g/mol. The normalized spacial score (nSPS) is 11.7. The van der Waals surface area contributed by atoms with Crippen LogP contribution < -0.4 is 4.74 Å². The number of unbranched alkanes of at least 4 members (excludes halogenated alkanes) is 1. The fourth-order valence-corrected chi connectivity index (χ4v) is 3.81. The Hall–Kier alpha value is -3.41. The second-order valence-electron chi connectivity index (χ2n) is 7.86. The first-order valence-corrected chi connectivity index (χ1v) is 10.6. The molecule has 0 fully saturated rings. The molecular formula is C27H21F5O. The largest absolute Gasteiger partial charge is 0.573 e. The fourth-order valence-electron chi connectivity index (χ4n) is 3.81. The molecule has 0 heterocycles. The van der Waals surface area contributed by atoms with Crippen LogP contribution in [0.3, 0.4) is 0 Å². The Morgan fingerprint density at radius 3 is 2.12 bits per heavy atom. The van der Waals surface area contributed by atoms with E-state index in [1.54, 1.807) is 12.1 Å². The Kier molecular flexibility index (Phi) is 6.36. The molecule has 4 aromatic carbocycles. The van der Waals surface area contributed by atoms with Crippen molar-refractivity contribution in [1.29, 1.82) is 0 Å². The Morgan fingerprint density at radius 2 is 1.45 bits per heavy atom. The molecule has 6 heteroatoms. The van der Waals surface area contributed by atoms with Gasteiger partial charge in [0.15, 0.2) is 11.6 Å². The van der Waals surface area contributed by atoms with Crippen molar-refractivity contribution in [2.24, 2.45) is 0 Å². The monoisotopic (exact) mass is 456 g/mol. The zero-order valence-corrected chi connectivity index (χ0v) is 17.8. The van der Waals surface area contributed by atoms with Crippen molar-refractivity contribution in [2.45, 2.75) is 32.5 Å². The van der Waals surface area contributed by atoms with Gasteiger partial charge in [-0.05, 0) is 58.7 Å². The van der Waals surface area contributed by atoms with Gasteiger partial charge in [0, 0.05) is 10.9 Å². The summed E-state index contributed by atoms with van der Waals surface area (Å²) in [7, 11) is 0. The fraction of sp³-hybridized carbons (Fsp3) is 0.185. The van der Waals surface area contributed by atoms with Gasteiger partial charge in [-0.25, -0.2) is 8.78 Å². The molecule has 0 amide bonds. The number of halogens is 5. The lowest BCUT2D eigenvalue weighted by molar-refractivity contribution is -0.275. The van der Waals surface area contributed by atoms with Crippen LogP contribution in [-0.4, -0.2) is 6.36 Å². The molecule has 4 rings (SSSR count). The topological polar surface area (TPSA) is 9.23 Å². The van der Waals surface area contributed by atoms with Crippen molar-refractivity contribution in [2.75, 3.05) is 0 Å². The summed E-state index contributed by atoms with van der Waals surface area (Å²) in [5.74, 6) is -2.75. The number of hydrogen-bond acceptors (Lipinski definition) is 1. The minimum atomic E-state index is -5.01. The molecule has 0 saturated heterocycles. The van der Waals surface area contributed by atoms with Gasteiger partial charge in [0.2, 0.25) is 0 Å². The summed E-state index contributed by atoms with van der Waals surface area (Å²) in [6.45, 7) is 2.15. The third kappa shape index (κ3) is 5.16. The van der Waals surface area contributed by atoms with Gasteiger partial charge in [-0.3, -0.25) is 0 Å². The van der Waals surface area contributed by atoms with Crippen LogP contribution in [0.1, 0.15) is 25.3 Å². The molecule has 0 unspecified atom stereocenters. The molecule has 0 bridgehead atoms. The van der Waals surface area contributed by atoms with E-state index in [9.17, 15) is 17.6 Å². The Morgan fingerprint density at radius 1 is 0.758 bits per heavy atom. The predicted octanol–water partition coefficient (Wildman–Crippen LogP) is 8.69. The predicted molar refractivity (Wildman–Crippen MR) is 120 cm³/mol. The molecule has 0 aliphatic rings. The van der Waals surface area contributed by atoms with Crippen LogP contribution in [0, 0.1) is 11.6 Å². The number of hydrogen-bond donors (Lipinski definition) is 0. The minimum Gasteiger partial charge on any atom is -0.403 e. The molecule has 0 aromatic heterocycles. The van der Waals surface area contributed by atoms with Crippen molar-refractivity contribution >= 4 is 10.8 Å². The number of ether oxygens (including phenoxy) is 1. The van der Waals surface area contributed by atoms with Crippen LogP contribution in [0.15, 0.2) is 72.8 Å². The highest BCUT2D eigenvalue weighted by Gasteiger charge is 2.32. The van der Waals surface area contributed by atoms with Crippen molar-refractivity contribution in [1.82, 2.24) is 0 Å². The number of fused-ring (bicyclic) bond motifs is 1. The third-order valence-electron chi connectivity index (χ3n) is 5.53. The number of alkyl halides is 3. The summed E-state index contributed by atoms with van der Waals surface area (Å²) < 4.78 is 70.0. The number of benzene rings is 4. The van der Waals surface area contributed by atoms with Crippen molar-refractivity contribution in [3.63, 3.8) is 0 Å². The zero-order valence-electron chi connectivity index (χ0n) is 17.8. The van der Waals surface area contributed by atoms with Crippen LogP contribution in [0.4, 0.5) is 22.0 Å². The molecule has 0 aliphatic heterocycles. The SMILES string of the molecule is CCCCc1ccc(-c2ccc3c(F)c(-c4ccc(OC(F)(F)F)c(F)c4)ccc3c2)cc1. The lowest BCUT2D eigenvalue weighted by Crippen LogP contribution is -2.17. The first-order chi connectivity index (χ1) is 15.7. The van der Waals surface area contributed by atoms with E-state index in [4.69, 9.17) is 0 Å². The van der Waals surface area contributed by atoms with E-state index < -0.39 is 23.7 Å². The van der Waals surface area contributed by atoms with Crippen LogP contribution >= 0.6 is 0 Å². The Labute approximate surface area is 188 Å². The van der Waals surface area contributed by atoms with E-state index in [0.29, 0.717) is 10.8 Å². The number of rotatable bonds is 6.